The molecule has 3 atom stereocenters. The standard InChI is InChI=1S/C16H16F3NO2S/c1-9-5-6-13(23-9)15(22)12(8-20)14(21)10-3-2-4-11(7-10)16(17,18)19/h5-6,10-12H,2-4,7H2,1H3/t10-,11+,12-/m1/s1. The molecule has 0 amide bonds. The molecule has 0 aliphatic heterocycles. The van der Waals surface area contributed by atoms with E-state index in [-0.39, 0.29) is 19.3 Å². The second-order valence-corrected chi connectivity index (χ2v) is 7.13. The Morgan fingerprint density at radius 3 is 2.57 bits per heavy atom. The molecule has 1 aliphatic rings. The Kier molecular flexibility index (Phi) is 5.25. The molecule has 0 unspecified atom stereocenters. The Balaban J connectivity index is 2.14. The van der Waals surface area contributed by atoms with Gasteiger partial charge in [0.25, 0.3) is 0 Å². The third-order valence-electron chi connectivity index (χ3n) is 4.20. The topological polar surface area (TPSA) is 57.9 Å². The highest BCUT2D eigenvalue weighted by atomic mass is 32.1. The Morgan fingerprint density at radius 1 is 1.35 bits per heavy atom. The number of Topliss-reactive ketones (excluding diaryl/α,β-unsaturated/α-hetero) is 2. The van der Waals surface area contributed by atoms with Crippen molar-refractivity contribution in [2.45, 2.75) is 38.8 Å². The zero-order valence-electron chi connectivity index (χ0n) is 12.5. The Bertz CT molecular complexity index is 644. The third-order valence-corrected chi connectivity index (χ3v) is 5.21. The van der Waals surface area contributed by atoms with Crippen LogP contribution in [0.4, 0.5) is 13.2 Å². The van der Waals surface area contributed by atoms with Gasteiger partial charge in [-0.2, -0.15) is 18.4 Å². The van der Waals surface area contributed by atoms with E-state index in [1.807, 2.05) is 0 Å². The predicted octanol–water partition coefficient (Wildman–Crippen LogP) is 4.32. The highest BCUT2D eigenvalue weighted by Crippen LogP contribution is 2.41. The summed E-state index contributed by atoms with van der Waals surface area (Å²) in [5.41, 5.74) is 0. The number of alkyl halides is 3. The number of nitrogens with zero attached hydrogens (tertiary/aromatic N) is 1. The van der Waals surface area contributed by atoms with Gasteiger partial charge in [0, 0.05) is 10.8 Å². The molecule has 1 fully saturated rings. The van der Waals surface area contributed by atoms with Crippen LogP contribution < -0.4 is 0 Å². The van der Waals surface area contributed by atoms with Gasteiger partial charge >= 0.3 is 6.18 Å². The zero-order valence-corrected chi connectivity index (χ0v) is 13.3. The number of ketones is 2. The van der Waals surface area contributed by atoms with Crippen molar-refractivity contribution < 1.29 is 22.8 Å². The maximum atomic E-state index is 12.8. The van der Waals surface area contributed by atoms with E-state index in [2.05, 4.69) is 0 Å². The van der Waals surface area contributed by atoms with Gasteiger partial charge in [-0.15, -0.1) is 11.3 Å². The van der Waals surface area contributed by atoms with Gasteiger partial charge in [0.15, 0.2) is 17.5 Å². The van der Waals surface area contributed by atoms with E-state index >= 15 is 0 Å². The van der Waals surface area contributed by atoms with Crippen LogP contribution in [0.2, 0.25) is 0 Å². The lowest BCUT2D eigenvalue weighted by molar-refractivity contribution is -0.186. The molecule has 0 bridgehead atoms. The summed E-state index contributed by atoms with van der Waals surface area (Å²) in [6, 6.07) is 4.93. The quantitative estimate of drug-likeness (QED) is 0.604. The van der Waals surface area contributed by atoms with Gasteiger partial charge in [0.2, 0.25) is 0 Å². The summed E-state index contributed by atoms with van der Waals surface area (Å²) >= 11 is 1.18. The zero-order chi connectivity index (χ0) is 17.2. The number of hydrogen-bond acceptors (Lipinski definition) is 4. The Morgan fingerprint density at radius 2 is 2.04 bits per heavy atom. The molecule has 0 N–H and O–H groups in total. The number of halogens is 3. The number of carbonyl (C=O) groups excluding carboxylic acids is 2. The molecular weight excluding hydrogens is 327 g/mol. The summed E-state index contributed by atoms with van der Waals surface area (Å²) in [6.45, 7) is 1.79. The van der Waals surface area contributed by atoms with Gasteiger partial charge < -0.3 is 0 Å². The monoisotopic (exact) mass is 343 g/mol. The molecule has 3 nitrogen and oxygen atoms in total. The minimum Gasteiger partial charge on any atom is -0.297 e. The highest BCUT2D eigenvalue weighted by Gasteiger charge is 2.45. The molecule has 1 aromatic heterocycles. The smallest absolute Gasteiger partial charge is 0.297 e. The van der Waals surface area contributed by atoms with Gasteiger partial charge in [-0.3, -0.25) is 9.59 Å². The molecule has 0 aromatic carbocycles. The number of rotatable bonds is 4. The molecule has 1 aromatic rings. The van der Waals surface area contributed by atoms with E-state index in [4.69, 9.17) is 0 Å². The number of hydrogen-bond donors (Lipinski definition) is 0. The third kappa shape index (κ3) is 3.99. The molecule has 124 valence electrons. The molecule has 2 rings (SSSR count). The lowest BCUT2D eigenvalue weighted by Gasteiger charge is -2.30. The number of thiophene rings is 1. The summed E-state index contributed by atoms with van der Waals surface area (Å²) in [5.74, 6) is -5.18. The number of nitriles is 1. The lowest BCUT2D eigenvalue weighted by atomic mass is 9.75. The normalized spacial score (nSPS) is 23.1. The van der Waals surface area contributed by atoms with Crippen molar-refractivity contribution in [3.05, 3.63) is 21.9 Å². The molecule has 23 heavy (non-hydrogen) atoms. The Hall–Kier alpha value is -1.68. The van der Waals surface area contributed by atoms with E-state index in [0.29, 0.717) is 11.3 Å². The van der Waals surface area contributed by atoms with E-state index < -0.39 is 35.5 Å². The minimum absolute atomic E-state index is 0.00255. The summed E-state index contributed by atoms with van der Waals surface area (Å²) in [5, 5.41) is 9.18. The second-order valence-electron chi connectivity index (χ2n) is 5.84. The van der Waals surface area contributed by atoms with Crippen molar-refractivity contribution >= 4 is 22.9 Å². The average Bonchev–Trinajstić information content (AvgIpc) is 2.93. The van der Waals surface area contributed by atoms with Crippen LogP contribution >= 0.6 is 11.3 Å². The van der Waals surface area contributed by atoms with E-state index in [1.165, 1.54) is 11.3 Å². The van der Waals surface area contributed by atoms with Crippen molar-refractivity contribution in [2.75, 3.05) is 0 Å². The lowest BCUT2D eigenvalue weighted by Crippen LogP contribution is -2.36. The number of aryl methyl sites for hydroxylation is 1. The fourth-order valence-electron chi connectivity index (χ4n) is 2.94. The summed E-state index contributed by atoms with van der Waals surface area (Å²) in [6.07, 6.45) is -4.07. The van der Waals surface area contributed by atoms with Crippen LogP contribution in [-0.4, -0.2) is 17.7 Å². The summed E-state index contributed by atoms with van der Waals surface area (Å²) < 4.78 is 38.5. The average molecular weight is 343 g/mol. The molecule has 0 spiro atoms. The highest BCUT2D eigenvalue weighted by molar-refractivity contribution is 7.14. The van der Waals surface area contributed by atoms with Crippen LogP contribution in [0.15, 0.2) is 12.1 Å². The molecule has 0 saturated heterocycles. The SMILES string of the molecule is Cc1ccc(C(=O)[C@H](C#N)C(=O)[C@@H]2CCC[C@H](C(F)(F)F)C2)s1. The number of carbonyl (C=O) groups is 2. The first-order valence-corrected chi connectivity index (χ1v) is 8.16. The molecule has 0 radical (unpaired) electrons. The minimum atomic E-state index is -4.34. The first kappa shape index (κ1) is 17.7. The van der Waals surface area contributed by atoms with Crippen molar-refractivity contribution in [1.29, 1.82) is 5.26 Å². The fourth-order valence-corrected chi connectivity index (χ4v) is 3.78. The van der Waals surface area contributed by atoms with Gasteiger partial charge in [-0.25, -0.2) is 0 Å². The summed E-state index contributed by atoms with van der Waals surface area (Å²) in [4.78, 5) is 25.9. The van der Waals surface area contributed by atoms with Gasteiger partial charge in [-0.05, 0) is 38.3 Å². The van der Waals surface area contributed by atoms with Gasteiger partial charge in [-0.1, -0.05) is 6.42 Å². The van der Waals surface area contributed by atoms with Crippen LogP contribution in [0.5, 0.6) is 0 Å². The first-order valence-electron chi connectivity index (χ1n) is 7.34. The van der Waals surface area contributed by atoms with Gasteiger partial charge in [0.05, 0.1) is 16.9 Å². The predicted molar refractivity (Wildman–Crippen MR) is 79.0 cm³/mol. The summed E-state index contributed by atoms with van der Waals surface area (Å²) in [7, 11) is 0. The van der Waals surface area contributed by atoms with Crippen LogP contribution in [-0.2, 0) is 4.79 Å². The first-order chi connectivity index (χ1) is 10.7. The largest absolute Gasteiger partial charge is 0.391 e. The Labute approximate surface area is 136 Å². The second kappa shape index (κ2) is 6.83. The van der Waals surface area contributed by atoms with E-state index in [9.17, 15) is 28.0 Å². The van der Waals surface area contributed by atoms with Crippen LogP contribution in [0, 0.1) is 36.0 Å². The van der Waals surface area contributed by atoms with Crippen LogP contribution in [0.25, 0.3) is 0 Å². The molecule has 1 aliphatic carbocycles. The van der Waals surface area contributed by atoms with Crippen molar-refractivity contribution in [3.63, 3.8) is 0 Å². The van der Waals surface area contributed by atoms with E-state index in [0.717, 1.165) is 4.88 Å². The van der Waals surface area contributed by atoms with Crippen LogP contribution in [0.1, 0.15) is 40.2 Å². The maximum Gasteiger partial charge on any atom is 0.391 e. The van der Waals surface area contributed by atoms with Gasteiger partial charge in [0.1, 0.15) is 0 Å². The van der Waals surface area contributed by atoms with Crippen molar-refractivity contribution in [3.8, 4) is 6.07 Å². The molecule has 7 heteroatoms. The molecule has 1 saturated carbocycles. The maximum absolute atomic E-state index is 12.8. The molecular formula is C16H16F3NO2S. The van der Waals surface area contributed by atoms with Crippen LogP contribution in [0.3, 0.4) is 0 Å². The molecule has 1 heterocycles. The van der Waals surface area contributed by atoms with Crippen molar-refractivity contribution in [1.82, 2.24) is 0 Å². The van der Waals surface area contributed by atoms with Crippen molar-refractivity contribution in [2.24, 2.45) is 17.8 Å². The fraction of sp³-hybridized carbons (Fsp3) is 0.562. The van der Waals surface area contributed by atoms with E-state index in [1.54, 1.807) is 25.1 Å².